The molecule has 0 saturated carbocycles. The number of fused-ring (bicyclic) bond motifs is 1. The first kappa shape index (κ1) is 45.9. The molecule has 0 aliphatic carbocycles. The Hall–Kier alpha value is -7.21. The second-order valence-corrected chi connectivity index (χ2v) is 14.5. The standard InChI is InChI=1S/C36H36N2.C19H19N3.C2H6/c1-3-11-29(14-10-15-30-12-6-4-7-13-30)20-27-35(38-36(37)34-16-8-5-9-17-34)33-25-23-32(24-26-33)31-21-18-28(2)19-22-31;1-2-14-15-10-6-7-11-16(15)19(18(21)17(14)12-20)22-13-8-4-3-5-9-13;1-2/h4-14,16-19,21-27H,3,15,20H2,1-2H3,(H2,37,38);2-11,22H,1,12,20-21H2;1-2H3/b14-10-,29-11+,35-27-;;. The average Bonchev–Trinajstić information content (AvgIpc) is 3.33. The third kappa shape index (κ3) is 12.7. The maximum atomic E-state index is 6.46. The van der Waals surface area contributed by atoms with Gasteiger partial charge < -0.3 is 22.5 Å². The van der Waals surface area contributed by atoms with Crippen molar-refractivity contribution in [3.63, 3.8) is 0 Å². The molecule has 0 atom stereocenters. The van der Waals surface area contributed by atoms with Crippen LogP contribution in [0, 0.1) is 6.92 Å². The average molecular weight is 816 g/mol. The monoisotopic (exact) mass is 815 g/mol. The molecule has 7 rings (SSSR count). The summed E-state index contributed by atoms with van der Waals surface area (Å²) in [6, 6.07) is 55.8. The first-order valence-electron chi connectivity index (χ1n) is 21.5. The minimum Gasteiger partial charge on any atom is -0.397 e. The van der Waals surface area contributed by atoms with E-state index in [9.17, 15) is 0 Å². The van der Waals surface area contributed by atoms with Gasteiger partial charge in [0.1, 0.15) is 5.84 Å². The summed E-state index contributed by atoms with van der Waals surface area (Å²) in [7, 11) is 0. The van der Waals surface area contributed by atoms with Crippen molar-refractivity contribution in [2.45, 2.75) is 53.5 Å². The van der Waals surface area contributed by atoms with Crippen molar-refractivity contribution in [1.82, 2.24) is 0 Å². The molecule has 0 fully saturated rings. The molecule has 7 N–H and O–H groups in total. The summed E-state index contributed by atoms with van der Waals surface area (Å²) >= 11 is 0. The van der Waals surface area contributed by atoms with E-state index in [0.29, 0.717) is 18.1 Å². The molecule has 0 aliphatic heterocycles. The van der Waals surface area contributed by atoms with Gasteiger partial charge in [0.25, 0.3) is 0 Å². The second-order valence-electron chi connectivity index (χ2n) is 14.5. The van der Waals surface area contributed by atoms with Crippen LogP contribution in [0.15, 0.2) is 205 Å². The number of anilines is 3. The number of nitrogens with one attached hydrogen (secondary N) is 1. The van der Waals surface area contributed by atoms with Gasteiger partial charge in [0.2, 0.25) is 0 Å². The smallest absolute Gasteiger partial charge is 0.131 e. The largest absolute Gasteiger partial charge is 0.397 e. The molecule has 7 aromatic rings. The van der Waals surface area contributed by atoms with E-state index < -0.39 is 0 Å². The quantitative estimate of drug-likeness (QED) is 0.0380. The molecular weight excluding hydrogens is 755 g/mol. The Kier molecular flexibility index (Phi) is 17.9. The van der Waals surface area contributed by atoms with Crippen LogP contribution in [0.5, 0.6) is 0 Å². The lowest BCUT2D eigenvalue weighted by Gasteiger charge is -2.19. The summed E-state index contributed by atoms with van der Waals surface area (Å²) in [6.07, 6.45) is 13.4. The highest BCUT2D eigenvalue weighted by atomic mass is 14.9. The molecule has 5 nitrogen and oxygen atoms in total. The fourth-order valence-corrected chi connectivity index (χ4v) is 7.06. The predicted molar refractivity (Wildman–Crippen MR) is 271 cm³/mol. The minimum absolute atomic E-state index is 0.376. The number of hydrogen-bond acceptors (Lipinski definition) is 4. The minimum atomic E-state index is 0.376. The molecule has 7 aromatic carbocycles. The number of para-hydroxylation sites is 1. The lowest BCUT2D eigenvalue weighted by molar-refractivity contribution is 1.07. The highest BCUT2D eigenvalue weighted by Crippen LogP contribution is 2.38. The van der Waals surface area contributed by atoms with Crippen LogP contribution in [0.4, 0.5) is 17.1 Å². The molecule has 0 heterocycles. The number of aryl methyl sites for hydroxylation is 1. The summed E-state index contributed by atoms with van der Waals surface area (Å²) in [5.74, 6) is 0.514. The topological polar surface area (TPSA) is 102 Å². The van der Waals surface area contributed by atoms with Gasteiger partial charge >= 0.3 is 0 Å². The summed E-state index contributed by atoms with van der Waals surface area (Å²) < 4.78 is 0. The van der Waals surface area contributed by atoms with Crippen molar-refractivity contribution in [2.24, 2.45) is 16.5 Å². The van der Waals surface area contributed by atoms with Gasteiger partial charge in [-0.3, -0.25) is 0 Å². The Labute approximate surface area is 369 Å². The van der Waals surface area contributed by atoms with Gasteiger partial charge in [-0.05, 0) is 82.7 Å². The maximum Gasteiger partial charge on any atom is 0.131 e. The molecule has 0 radical (unpaired) electrons. The highest BCUT2D eigenvalue weighted by Gasteiger charge is 2.15. The van der Waals surface area contributed by atoms with Crippen molar-refractivity contribution in [3.8, 4) is 11.1 Å². The number of nitrogens with two attached hydrogens (primary N) is 3. The van der Waals surface area contributed by atoms with E-state index in [4.69, 9.17) is 22.2 Å². The predicted octanol–water partition coefficient (Wildman–Crippen LogP) is 14.2. The first-order valence-corrected chi connectivity index (χ1v) is 21.5. The number of benzene rings is 7. The van der Waals surface area contributed by atoms with E-state index in [1.165, 1.54) is 27.8 Å². The van der Waals surface area contributed by atoms with Crippen LogP contribution >= 0.6 is 0 Å². The zero-order valence-corrected chi connectivity index (χ0v) is 36.7. The Balaban J connectivity index is 0.000000256. The Morgan fingerprint density at radius 3 is 1.84 bits per heavy atom. The molecular formula is C57H61N5. The van der Waals surface area contributed by atoms with Gasteiger partial charge in [0.15, 0.2) is 0 Å². The van der Waals surface area contributed by atoms with Crippen LogP contribution < -0.4 is 22.5 Å². The fourth-order valence-electron chi connectivity index (χ4n) is 7.06. The van der Waals surface area contributed by atoms with Crippen molar-refractivity contribution < 1.29 is 0 Å². The first-order chi connectivity index (χ1) is 30.4. The Morgan fingerprint density at radius 2 is 1.24 bits per heavy atom. The SMILES string of the molecule is C=Cc1c(CN)c(N)c(Nc2ccccc2)c2ccccc12.CC.CC/C=C(\C=C/Cc1ccccc1)C/C=C(\N=C(N)c1ccccc1)c1ccc(-c2ccc(C)cc2)cc1. The van der Waals surface area contributed by atoms with Crippen molar-refractivity contribution in [1.29, 1.82) is 0 Å². The van der Waals surface area contributed by atoms with Crippen LogP contribution in [-0.2, 0) is 13.0 Å². The lowest BCUT2D eigenvalue weighted by Crippen LogP contribution is -2.13. The molecule has 0 unspecified atom stereocenters. The fraction of sp³-hybridized carbons (Fsp3) is 0.140. The van der Waals surface area contributed by atoms with E-state index in [1.807, 2.05) is 92.7 Å². The van der Waals surface area contributed by atoms with Gasteiger partial charge in [0, 0.05) is 23.2 Å². The van der Waals surface area contributed by atoms with Crippen LogP contribution in [-0.4, -0.2) is 5.84 Å². The van der Waals surface area contributed by atoms with E-state index in [-0.39, 0.29) is 0 Å². The van der Waals surface area contributed by atoms with Crippen LogP contribution in [0.3, 0.4) is 0 Å². The molecule has 0 aliphatic rings. The summed E-state index contributed by atoms with van der Waals surface area (Å²) in [5, 5.41) is 5.59. The summed E-state index contributed by atoms with van der Waals surface area (Å²) in [4.78, 5) is 4.90. The van der Waals surface area contributed by atoms with E-state index >= 15 is 0 Å². The molecule has 0 saturated heterocycles. The number of hydrogen-bond donors (Lipinski definition) is 4. The zero-order valence-electron chi connectivity index (χ0n) is 36.7. The van der Waals surface area contributed by atoms with Gasteiger partial charge in [-0.1, -0.05) is 215 Å². The highest BCUT2D eigenvalue weighted by molar-refractivity contribution is 6.07. The number of aliphatic imine (C=N–C) groups is 1. The zero-order chi connectivity index (χ0) is 44.1. The molecule has 5 heteroatoms. The molecule has 0 aromatic heterocycles. The lowest BCUT2D eigenvalue weighted by atomic mass is 9.95. The number of nitrogen functional groups attached to an aromatic ring is 1. The van der Waals surface area contributed by atoms with Gasteiger partial charge in [-0.2, -0.15) is 0 Å². The van der Waals surface area contributed by atoms with E-state index in [0.717, 1.165) is 69.4 Å². The van der Waals surface area contributed by atoms with Crippen molar-refractivity contribution in [3.05, 3.63) is 234 Å². The summed E-state index contributed by atoms with van der Waals surface area (Å²) in [5.41, 5.74) is 32.3. The second kappa shape index (κ2) is 24.1. The van der Waals surface area contributed by atoms with Gasteiger partial charge in [-0.25, -0.2) is 4.99 Å². The molecule has 0 spiro atoms. The Morgan fingerprint density at radius 1 is 0.677 bits per heavy atom. The van der Waals surface area contributed by atoms with Gasteiger partial charge in [0.05, 0.1) is 17.1 Å². The third-order valence-electron chi connectivity index (χ3n) is 10.3. The van der Waals surface area contributed by atoms with Crippen LogP contribution in [0.2, 0.25) is 0 Å². The van der Waals surface area contributed by atoms with E-state index in [1.54, 1.807) is 0 Å². The Bertz CT molecular complexity index is 2590. The summed E-state index contributed by atoms with van der Waals surface area (Å²) in [6.45, 7) is 12.6. The number of rotatable bonds is 14. The molecule has 62 heavy (non-hydrogen) atoms. The molecule has 0 amide bonds. The van der Waals surface area contributed by atoms with Crippen LogP contribution in [0.25, 0.3) is 33.7 Å². The van der Waals surface area contributed by atoms with Crippen molar-refractivity contribution >= 4 is 45.4 Å². The van der Waals surface area contributed by atoms with Gasteiger partial charge in [-0.15, -0.1) is 0 Å². The maximum absolute atomic E-state index is 6.46. The third-order valence-corrected chi connectivity index (χ3v) is 10.3. The number of nitrogens with zero attached hydrogens (tertiary/aromatic N) is 1. The normalized spacial score (nSPS) is 11.7. The van der Waals surface area contributed by atoms with E-state index in [2.05, 4.69) is 141 Å². The van der Waals surface area contributed by atoms with Crippen LogP contribution in [0.1, 0.15) is 67.0 Å². The van der Waals surface area contributed by atoms with Crippen molar-refractivity contribution in [2.75, 3.05) is 11.1 Å². The molecule has 0 bridgehead atoms. The number of amidine groups is 1. The number of allylic oxidation sites excluding steroid dienone is 5. The molecule has 314 valence electrons.